The Morgan fingerprint density at radius 3 is 2.33 bits per heavy atom. The molecular formula is C18H28N2O3S. The van der Waals surface area contributed by atoms with E-state index in [2.05, 4.69) is 5.32 Å². The Bertz CT molecular complexity index is 694. The summed E-state index contributed by atoms with van der Waals surface area (Å²) in [5.74, 6) is -0.231. The van der Waals surface area contributed by atoms with Gasteiger partial charge in [0.25, 0.3) is 0 Å². The summed E-state index contributed by atoms with van der Waals surface area (Å²) in [5, 5.41) is 3.02. The summed E-state index contributed by atoms with van der Waals surface area (Å²) in [5.41, 5.74) is 2.62. The van der Waals surface area contributed by atoms with Gasteiger partial charge in [0.1, 0.15) is 6.04 Å². The Morgan fingerprint density at radius 1 is 1.17 bits per heavy atom. The number of sulfonamides is 1. The molecule has 1 saturated carbocycles. The highest BCUT2D eigenvalue weighted by Crippen LogP contribution is 2.24. The van der Waals surface area contributed by atoms with Crippen LogP contribution in [0.4, 0.5) is 5.69 Å². The fourth-order valence-electron chi connectivity index (χ4n) is 3.24. The summed E-state index contributed by atoms with van der Waals surface area (Å²) in [6.07, 6.45) is 6.53. The molecule has 0 aromatic heterocycles. The first-order chi connectivity index (χ1) is 11.2. The van der Waals surface area contributed by atoms with Crippen molar-refractivity contribution in [3.8, 4) is 0 Å². The molecule has 1 unspecified atom stereocenters. The Labute approximate surface area is 145 Å². The molecule has 0 bridgehead atoms. The molecule has 1 N–H and O–H groups in total. The summed E-state index contributed by atoms with van der Waals surface area (Å²) in [4.78, 5) is 12.6. The molecule has 1 aliphatic rings. The molecule has 1 aliphatic carbocycles. The van der Waals surface area contributed by atoms with E-state index in [-0.39, 0.29) is 11.9 Å². The molecule has 0 heterocycles. The van der Waals surface area contributed by atoms with Crippen LogP contribution in [0.15, 0.2) is 18.2 Å². The number of hydrogen-bond acceptors (Lipinski definition) is 3. The largest absolute Gasteiger partial charge is 0.352 e. The van der Waals surface area contributed by atoms with Crippen LogP contribution in [0.1, 0.15) is 50.2 Å². The van der Waals surface area contributed by atoms with E-state index < -0.39 is 16.1 Å². The quantitative estimate of drug-likeness (QED) is 0.886. The van der Waals surface area contributed by atoms with Crippen LogP contribution in [-0.4, -0.2) is 32.7 Å². The topological polar surface area (TPSA) is 66.5 Å². The van der Waals surface area contributed by atoms with Crippen molar-refractivity contribution in [3.63, 3.8) is 0 Å². The first kappa shape index (κ1) is 18.8. The van der Waals surface area contributed by atoms with Crippen molar-refractivity contribution in [2.75, 3.05) is 10.6 Å². The average Bonchev–Trinajstić information content (AvgIpc) is 2.50. The minimum absolute atomic E-state index is 0.162. The van der Waals surface area contributed by atoms with E-state index in [4.69, 9.17) is 0 Å². The van der Waals surface area contributed by atoms with Gasteiger partial charge >= 0.3 is 0 Å². The van der Waals surface area contributed by atoms with Gasteiger partial charge in [-0.2, -0.15) is 0 Å². The normalized spacial score (nSPS) is 17.3. The molecule has 1 atom stereocenters. The zero-order valence-corrected chi connectivity index (χ0v) is 15.8. The van der Waals surface area contributed by atoms with Crippen LogP contribution >= 0.6 is 0 Å². The summed E-state index contributed by atoms with van der Waals surface area (Å²) >= 11 is 0. The van der Waals surface area contributed by atoms with Gasteiger partial charge in [0.2, 0.25) is 15.9 Å². The molecule has 1 aromatic rings. The monoisotopic (exact) mass is 352 g/mol. The fraction of sp³-hybridized carbons (Fsp3) is 0.611. The number of anilines is 1. The SMILES string of the molecule is Cc1ccc(N(C(C)C(=O)NC2CCCCC2)S(C)(=O)=O)cc1C. The number of amides is 1. The van der Waals surface area contributed by atoms with Crippen molar-refractivity contribution in [1.29, 1.82) is 0 Å². The molecule has 1 amide bonds. The van der Waals surface area contributed by atoms with Crippen molar-refractivity contribution < 1.29 is 13.2 Å². The molecule has 5 nitrogen and oxygen atoms in total. The standard InChI is InChI=1S/C18H28N2O3S/c1-13-10-11-17(12-14(13)2)20(24(4,22)23)15(3)18(21)19-16-8-6-5-7-9-16/h10-12,15-16H,5-9H2,1-4H3,(H,19,21). The van der Waals surface area contributed by atoms with E-state index in [1.807, 2.05) is 26.0 Å². The maximum absolute atomic E-state index is 12.6. The predicted octanol–water partition coefficient (Wildman–Crippen LogP) is 2.91. The number of carbonyl (C=O) groups is 1. The Balaban J connectivity index is 2.23. The number of nitrogens with one attached hydrogen (secondary N) is 1. The molecule has 0 aliphatic heterocycles. The van der Waals surface area contributed by atoms with Gasteiger partial charge in [0.05, 0.1) is 11.9 Å². The van der Waals surface area contributed by atoms with Crippen LogP contribution in [0.25, 0.3) is 0 Å². The second kappa shape index (κ2) is 7.55. The molecule has 6 heteroatoms. The maximum Gasteiger partial charge on any atom is 0.243 e. The Morgan fingerprint density at radius 2 is 1.79 bits per heavy atom. The van der Waals surface area contributed by atoms with Crippen molar-refractivity contribution in [3.05, 3.63) is 29.3 Å². The third-order valence-corrected chi connectivity index (χ3v) is 6.03. The van der Waals surface area contributed by atoms with Crippen molar-refractivity contribution in [2.45, 2.75) is 65.0 Å². The minimum atomic E-state index is -3.56. The fourth-order valence-corrected chi connectivity index (χ4v) is 4.41. The van der Waals surface area contributed by atoms with Crippen LogP contribution in [0, 0.1) is 13.8 Å². The lowest BCUT2D eigenvalue weighted by Crippen LogP contribution is -2.50. The van der Waals surface area contributed by atoms with Crippen LogP contribution in [0.2, 0.25) is 0 Å². The van der Waals surface area contributed by atoms with E-state index in [0.717, 1.165) is 43.1 Å². The highest BCUT2D eigenvalue weighted by atomic mass is 32.2. The van der Waals surface area contributed by atoms with E-state index in [9.17, 15) is 13.2 Å². The van der Waals surface area contributed by atoms with Gasteiger partial charge in [-0.3, -0.25) is 9.10 Å². The number of benzene rings is 1. The molecular weight excluding hydrogens is 324 g/mol. The maximum atomic E-state index is 12.6. The van der Waals surface area contributed by atoms with Crippen LogP contribution < -0.4 is 9.62 Å². The molecule has 134 valence electrons. The number of hydrogen-bond donors (Lipinski definition) is 1. The van der Waals surface area contributed by atoms with Crippen molar-refractivity contribution >= 4 is 21.6 Å². The first-order valence-electron chi connectivity index (χ1n) is 8.57. The number of carbonyl (C=O) groups excluding carboxylic acids is 1. The van der Waals surface area contributed by atoms with E-state index in [0.29, 0.717) is 5.69 Å². The number of nitrogens with zero attached hydrogens (tertiary/aromatic N) is 1. The zero-order valence-electron chi connectivity index (χ0n) is 15.0. The average molecular weight is 353 g/mol. The molecule has 2 rings (SSSR count). The molecule has 0 saturated heterocycles. The Kier molecular flexibility index (Phi) is 5.91. The minimum Gasteiger partial charge on any atom is -0.352 e. The molecule has 1 fully saturated rings. The zero-order chi connectivity index (χ0) is 17.9. The van der Waals surface area contributed by atoms with Crippen molar-refractivity contribution in [1.82, 2.24) is 5.32 Å². The van der Waals surface area contributed by atoms with E-state index >= 15 is 0 Å². The van der Waals surface area contributed by atoms with Crippen LogP contribution in [-0.2, 0) is 14.8 Å². The van der Waals surface area contributed by atoms with E-state index in [1.54, 1.807) is 13.0 Å². The summed E-state index contributed by atoms with van der Waals surface area (Å²) in [7, 11) is -3.56. The van der Waals surface area contributed by atoms with Gasteiger partial charge in [-0.1, -0.05) is 25.3 Å². The third-order valence-electron chi connectivity index (χ3n) is 4.79. The highest BCUT2D eigenvalue weighted by Gasteiger charge is 2.30. The predicted molar refractivity (Wildman–Crippen MR) is 97.7 cm³/mol. The van der Waals surface area contributed by atoms with Gasteiger partial charge < -0.3 is 5.32 Å². The molecule has 24 heavy (non-hydrogen) atoms. The summed E-state index contributed by atoms with van der Waals surface area (Å²) in [6, 6.07) is 4.85. The van der Waals surface area contributed by atoms with Crippen molar-refractivity contribution in [2.24, 2.45) is 0 Å². The molecule has 1 aromatic carbocycles. The lowest BCUT2D eigenvalue weighted by molar-refractivity contribution is -0.122. The van der Waals surface area contributed by atoms with Crippen LogP contribution in [0.5, 0.6) is 0 Å². The Hall–Kier alpha value is -1.56. The number of aryl methyl sites for hydroxylation is 2. The molecule has 0 spiro atoms. The van der Waals surface area contributed by atoms with Gasteiger partial charge in [-0.25, -0.2) is 8.42 Å². The van der Waals surface area contributed by atoms with E-state index in [1.165, 1.54) is 10.7 Å². The molecule has 0 radical (unpaired) electrons. The van der Waals surface area contributed by atoms with Crippen LogP contribution in [0.3, 0.4) is 0 Å². The van der Waals surface area contributed by atoms with Gasteiger partial charge in [-0.05, 0) is 56.9 Å². The van der Waals surface area contributed by atoms with Gasteiger partial charge in [0, 0.05) is 6.04 Å². The first-order valence-corrected chi connectivity index (χ1v) is 10.4. The second-order valence-electron chi connectivity index (χ2n) is 6.85. The smallest absolute Gasteiger partial charge is 0.243 e. The van der Waals surface area contributed by atoms with Gasteiger partial charge in [0.15, 0.2) is 0 Å². The third kappa shape index (κ3) is 4.50. The summed E-state index contributed by atoms with van der Waals surface area (Å²) < 4.78 is 25.8. The lowest BCUT2D eigenvalue weighted by atomic mass is 9.95. The summed E-state index contributed by atoms with van der Waals surface area (Å²) in [6.45, 7) is 5.56. The lowest BCUT2D eigenvalue weighted by Gasteiger charge is -2.31. The number of rotatable bonds is 5. The van der Waals surface area contributed by atoms with Gasteiger partial charge in [-0.15, -0.1) is 0 Å². The second-order valence-corrected chi connectivity index (χ2v) is 8.71. The highest BCUT2D eigenvalue weighted by molar-refractivity contribution is 7.92.